The minimum absolute atomic E-state index is 0.203. The molecule has 1 aromatic rings. The quantitative estimate of drug-likeness (QED) is 0.733. The molecule has 1 aliphatic carbocycles. The highest BCUT2D eigenvalue weighted by Crippen LogP contribution is 2.31. The smallest absolute Gasteiger partial charge is 0.236 e. The number of benzene rings is 1. The average molecular weight is 419 g/mol. The van der Waals surface area contributed by atoms with Gasteiger partial charge in [-0.15, -0.1) is 0 Å². The van der Waals surface area contributed by atoms with Gasteiger partial charge < -0.3 is 9.80 Å². The predicted octanol–water partition coefficient (Wildman–Crippen LogP) is 1.93. The van der Waals surface area contributed by atoms with E-state index in [1.807, 2.05) is 21.9 Å². The van der Waals surface area contributed by atoms with Crippen molar-refractivity contribution in [1.29, 1.82) is 0 Å². The molecule has 0 radical (unpaired) electrons. The van der Waals surface area contributed by atoms with Gasteiger partial charge in [0.25, 0.3) is 0 Å². The second-order valence-electron chi connectivity index (χ2n) is 8.51. The monoisotopic (exact) mass is 418 g/mol. The van der Waals surface area contributed by atoms with E-state index in [9.17, 15) is 9.59 Å². The zero-order chi connectivity index (χ0) is 20.2. The maximum Gasteiger partial charge on any atom is 0.236 e. The Hall–Kier alpha value is -1.63. The molecule has 1 saturated carbocycles. The number of halogens is 1. The molecule has 0 unspecified atom stereocenters. The van der Waals surface area contributed by atoms with Crippen LogP contribution in [0, 0.1) is 5.92 Å². The van der Waals surface area contributed by atoms with Crippen LogP contribution >= 0.6 is 11.6 Å². The van der Waals surface area contributed by atoms with E-state index in [0.717, 1.165) is 57.0 Å². The first-order valence-corrected chi connectivity index (χ1v) is 11.2. The molecular weight excluding hydrogens is 388 g/mol. The third kappa shape index (κ3) is 5.71. The molecular formula is C22H31ClN4O2. The molecule has 0 atom stereocenters. The summed E-state index contributed by atoms with van der Waals surface area (Å²) in [6, 6.07) is 8.06. The van der Waals surface area contributed by atoms with Crippen molar-refractivity contribution in [3.63, 3.8) is 0 Å². The standard InChI is InChI=1S/C22H31ClN4O2/c23-20-6-2-18(3-7-20)16-24-8-1-9-25(11-10-24)17-21(28)26-12-14-27(15-13-26)22(29)19-4-5-19/h2-3,6-7,19H,1,4-5,8-17H2. The van der Waals surface area contributed by atoms with E-state index >= 15 is 0 Å². The molecule has 4 rings (SSSR count). The second-order valence-corrected chi connectivity index (χ2v) is 8.95. The van der Waals surface area contributed by atoms with Gasteiger partial charge in [0.15, 0.2) is 0 Å². The SMILES string of the molecule is O=C(CN1CCCN(Cc2ccc(Cl)cc2)CC1)N1CCN(C(=O)C2CC2)CC1. The molecule has 0 N–H and O–H groups in total. The fourth-order valence-corrected chi connectivity index (χ4v) is 4.37. The molecule has 2 amide bonds. The number of hydrogen-bond acceptors (Lipinski definition) is 4. The van der Waals surface area contributed by atoms with Crippen LogP contribution in [0.3, 0.4) is 0 Å². The van der Waals surface area contributed by atoms with E-state index < -0.39 is 0 Å². The molecule has 1 aromatic carbocycles. The van der Waals surface area contributed by atoms with Crippen molar-refractivity contribution in [3.8, 4) is 0 Å². The van der Waals surface area contributed by atoms with Crippen molar-refractivity contribution < 1.29 is 9.59 Å². The molecule has 3 fully saturated rings. The minimum Gasteiger partial charge on any atom is -0.339 e. The summed E-state index contributed by atoms with van der Waals surface area (Å²) in [5.74, 6) is 0.769. The van der Waals surface area contributed by atoms with Crippen LogP contribution < -0.4 is 0 Å². The largest absolute Gasteiger partial charge is 0.339 e. The third-order valence-corrected chi connectivity index (χ3v) is 6.48. The number of piperazine rings is 1. The van der Waals surface area contributed by atoms with Crippen molar-refractivity contribution >= 4 is 23.4 Å². The summed E-state index contributed by atoms with van der Waals surface area (Å²) in [4.78, 5) is 33.6. The number of hydrogen-bond donors (Lipinski definition) is 0. The Morgan fingerprint density at radius 2 is 1.45 bits per heavy atom. The molecule has 2 aliphatic heterocycles. The van der Waals surface area contributed by atoms with Gasteiger partial charge >= 0.3 is 0 Å². The Kier molecular flexibility index (Phi) is 6.73. The zero-order valence-electron chi connectivity index (χ0n) is 17.1. The van der Waals surface area contributed by atoms with Gasteiger partial charge in [0.1, 0.15) is 0 Å². The van der Waals surface area contributed by atoms with Gasteiger partial charge in [0, 0.05) is 56.8 Å². The zero-order valence-corrected chi connectivity index (χ0v) is 17.8. The van der Waals surface area contributed by atoms with E-state index in [1.165, 1.54) is 5.56 Å². The summed E-state index contributed by atoms with van der Waals surface area (Å²) in [5, 5.41) is 0.770. The topological polar surface area (TPSA) is 47.1 Å². The van der Waals surface area contributed by atoms with Crippen LogP contribution in [0.2, 0.25) is 5.02 Å². The van der Waals surface area contributed by atoms with Crippen molar-refractivity contribution in [2.75, 3.05) is 58.9 Å². The molecule has 0 aromatic heterocycles. The minimum atomic E-state index is 0.203. The Bertz CT molecular complexity index is 714. The van der Waals surface area contributed by atoms with Crippen LogP contribution in [0.4, 0.5) is 0 Å². The summed E-state index contributed by atoms with van der Waals surface area (Å²) in [5.41, 5.74) is 1.28. The first kappa shape index (κ1) is 20.6. The highest BCUT2D eigenvalue weighted by Gasteiger charge is 2.35. The first-order valence-electron chi connectivity index (χ1n) is 10.8. The van der Waals surface area contributed by atoms with Gasteiger partial charge in [-0.1, -0.05) is 23.7 Å². The molecule has 29 heavy (non-hydrogen) atoms. The van der Waals surface area contributed by atoms with E-state index in [0.29, 0.717) is 38.6 Å². The number of rotatable bonds is 5. The van der Waals surface area contributed by atoms with Gasteiger partial charge in [-0.3, -0.25) is 19.4 Å². The summed E-state index contributed by atoms with van der Waals surface area (Å²) in [6.45, 7) is 8.05. The number of amides is 2. The maximum absolute atomic E-state index is 12.8. The van der Waals surface area contributed by atoms with Gasteiger partial charge in [0.2, 0.25) is 11.8 Å². The summed E-state index contributed by atoms with van der Waals surface area (Å²) >= 11 is 5.98. The molecule has 7 heteroatoms. The van der Waals surface area contributed by atoms with Gasteiger partial charge in [-0.2, -0.15) is 0 Å². The van der Waals surface area contributed by atoms with Crippen molar-refractivity contribution in [1.82, 2.24) is 19.6 Å². The Balaban J connectivity index is 1.20. The molecule has 0 bridgehead atoms. The lowest BCUT2D eigenvalue weighted by molar-refractivity contribution is -0.140. The van der Waals surface area contributed by atoms with Crippen molar-refractivity contribution in [2.24, 2.45) is 5.92 Å². The fraction of sp³-hybridized carbons (Fsp3) is 0.636. The average Bonchev–Trinajstić information content (AvgIpc) is 3.58. The van der Waals surface area contributed by atoms with Crippen LogP contribution in [0.5, 0.6) is 0 Å². The van der Waals surface area contributed by atoms with Crippen LogP contribution in [0.25, 0.3) is 0 Å². The maximum atomic E-state index is 12.8. The van der Waals surface area contributed by atoms with Crippen LogP contribution in [-0.4, -0.2) is 90.3 Å². The summed E-state index contributed by atoms with van der Waals surface area (Å²) in [7, 11) is 0. The van der Waals surface area contributed by atoms with Crippen LogP contribution in [0.1, 0.15) is 24.8 Å². The lowest BCUT2D eigenvalue weighted by Crippen LogP contribution is -2.53. The second kappa shape index (κ2) is 9.45. The molecule has 3 aliphatic rings. The molecule has 0 spiro atoms. The summed E-state index contributed by atoms with van der Waals surface area (Å²) < 4.78 is 0. The van der Waals surface area contributed by atoms with E-state index in [2.05, 4.69) is 21.9 Å². The first-order chi connectivity index (χ1) is 14.1. The fourth-order valence-electron chi connectivity index (χ4n) is 4.24. The predicted molar refractivity (Wildman–Crippen MR) is 114 cm³/mol. The van der Waals surface area contributed by atoms with Crippen LogP contribution in [-0.2, 0) is 16.1 Å². The van der Waals surface area contributed by atoms with Gasteiger partial charge in [-0.25, -0.2) is 0 Å². The lowest BCUT2D eigenvalue weighted by Gasteiger charge is -2.36. The van der Waals surface area contributed by atoms with Crippen molar-refractivity contribution in [2.45, 2.75) is 25.8 Å². The van der Waals surface area contributed by atoms with E-state index in [1.54, 1.807) is 0 Å². The lowest BCUT2D eigenvalue weighted by atomic mass is 10.2. The Morgan fingerprint density at radius 1 is 0.828 bits per heavy atom. The highest BCUT2D eigenvalue weighted by atomic mass is 35.5. The van der Waals surface area contributed by atoms with E-state index in [4.69, 9.17) is 11.6 Å². The molecule has 2 heterocycles. The molecule has 2 saturated heterocycles. The third-order valence-electron chi connectivity index (χ3n) is 6.23. The number of carbonyl (C=O) groups is 2. The van der Waals surface area contributed by atoms with E-state index in [-0.39, 0.29) is 11.8 Å². The number of nitrogens with zero attached hydrogens (tertiary/aromatic N) is 4. The Morgan fingerprint density at radius 3 is 2.14 bits per heavy atom. The molecule has 6 nitrogen and oxygen atoms in total. The Labute approximate surface area is 178 Å². The van der Waals surface area contributed by atoms with Gasteiger partial charge in [0.05, 0.1) is 6.54 Å². The van der Waals surface area contributed by atoms with Gasteiger partial charge in [-0.05, 0) is 50.0 Å². The normalized spacial score (nSPS) is 21.8. The number of carbonyl (C=O) groups excluding carboxylic acids is 2. The highest BCUT2D eigenvalue weighted by molar-refractivity contribution is 6.30. The summed E-state index contributed by atoms with van der Waals surface area (Å²) in [6.07, 6.45) is 3.16. The molecule has 158 valence electrons. The van der Waals surface area contributed by atoms with Crippen LogP contribution in [0.15, 0.2) is 24.3 Å². The van der Waals surface area contributed by atoms with Crippen molar-refractivity contribution in [3.05, 3.63) is 34.9 Å².